The Morgan fingerprint density at radius 1 is 0.821 bits per heavy atom. The van der Waals surface area contributed by atoms with Crippen molar-refractivity contribution in [3.8, 4) is 0 Å². The third-order valence-corrected chi connectivity index (χ3v) is 11.9. The molecule has 20 heteroatoms. The van der Waals surface area contributed by atoms with Crippen molar-refractivity contribution >= 4 is 116 Å². The minimum Gasteiger partial charge on any atom is -0.447 e. The molecule has 2 amide bonds. The van der Waals surface area contributed by atoms with E-state index in [2.05, 4.69) is 35.1 Å². The summed E-state index contributed by atoms with van der Waals surface area (Å²) in [5.41, 5.74) is 1.49. The number of hydrogen-bond donors (Lipinski definition) is 4. The Kier molecular flexibility index (Phi) is 33.2. The minimum atomic E-state index is -1.08. The van der Waals surface area contributed by atoms with E-state index in [0.29, 0.717) is 29.3 Å². The van der Waals surface area contributed by atoms with Gasteiger partial charge >= 0.3 is 6.09 Å². The van der Waals surface area contributed by atoms with Crippen LogP contribution in [0.4, 0.5) is 9.59 Å². The van der Waals surface area contributed by atoms with Gasteiger partial charge in [-0.25, -0.2) is 9.79 Å². The van der Waals surface area contributed by atoms with Gasteiger partial charge in [0.25, 0.3) is 5.24 Å². The fourth-order valence-electron chi connectivity index (χ4n) is 1.70. The van der Waals surface area contributed by atoms with E-state index in [1.807, 2.05) is 0 Å². The topological polar surface area (TPSA) is 168 Å². The molecule has 0 aromatic heterocycles. The van der Waals surface area contributed by atoms with Crippen LogP contribution < -0.4 is 10.6 Å². The summed E-state index contributed by atoms with van der Waals surface area (Å²) in [6.45, 7) is -0.224. The van der Waals surface area contributed by atoms with E-state index in [0.717, 1.165) is 32.5 Å². The van der Waals surface area contributed by atoms with Crippen molar-refractivity contribution in [3.05, 3.63) is 0 Å². The number of amides is 2. The summed E-state index contributed by atoms with van der Waals surface area (Å²) in [7, 11) is -1.08. The first kappa shape index (κ1) is 39.4. The average molecular weight is 705 g/mol. The van der Waals surface area contributed by atoms with Crippen LogP contribution in [-0.2, 0) is 25.3 Å². The number of aliphatic hydroxyl groups is 2. The molecule has 1 atom stereocenters. The third kappa shape index (κ3) is 32.7. The lowest BCUT2D eigenvalue weighted by Crippen LogP contribution is -2.24. The number of nitrogens with zero attached hydrogens (tertiary/aromatic N) is 2. The zero-order valence-electron chi connectivity index (χ0n) is 21.3. The van der Waals surface area contributed by atoms with Gasteiger partial charge in [0.05, 0.1) is 53.1 Å². The van der Waals surface area contributed by atoms with Gasteiger partial charge in [-0.05, 0) is 0 Å². The van der Waals surface area contributed by atoms with Crippen LogP contribution in [-0.4, -0.2) is 126 Å². The summed E-state index contributed by atoms with van der Waals surface area (Å²) in [4.78, 5) is 40.2. The normalized spacial score (nSPS) is 12.2. The fourth-order valence-corrected chi connectivity index (χ4v) is 8.94. The van der Waals surface area contributed by atoms with E-state index in [9.17, 15) is 13.8 Å². The summed E-state index contributed by atoms with van der Waals surface area (Å²) in [5, 5.41) is 24.8. The Labute approximate surface area is 262 Å². The molecule has 0 aromatic carbocycles. The highest BCUT2D eigenvalue weighted by Crippen LogP contribution is 2.15. The molecule has 228 valence electrons. The molecule has 12 nitrogen and oxygen atoms in total. The van der Waals surface area contributed by atoms with Gasteiger partial charge in [0.15, 0.2) is 0 Å². The van der Waals surface area contributed by atoms with Crippen molar-refractivity contribution in [2.24, 2.45) is 9.98 Å². The molecule has 0 aromatic rings. The van der Waals surface area contributed by atoms with Crippen molar-refractivity contribution in [3.63, 3.8) is 0 Å². The molecule has 1 unspecified atom stereocenters. The monoisotopic (exact) mass is 704 g/mol. The number of nitrogens with one attached hydrogen (secondary N) is 2. The zero-order valence-corrected chi connectivity index (χ0v) is 27.8. The Morgan fingerprint density at radius 2 is 1.49 bits per heavy atom. The predicted octanol–water partition coefficient (Wildman–Crippen LogP) is 3.00. The van der Waals surface area contributed by atoms with Crippen molar-refractivity contribution in [2.75, 3.05) is 88.2 Å². The first-order valence-corrected chi connectivity index (χ1v) is 20.5. The average Bonchev–Trinajstić information content (AvgIpc) is 2.93. The number of thioether (sulfide) groups is 7. The third-order valence-electron chi connectivity index (χ3n) is 3.24. The summed E-state index contributed by atoms with van der Waals surface area (Å²) in [5.74, 6) is 4.93. The summed E-state index contributed by atoms with van der Waals surface area (Å²) < 4.78 is 16.6. The van der Waals surface area contributed by atoms with Gasteiger partial charge in [0.2, 0.25) is 6.40 Å². The van der Waals surface area contributed by atoms with Crippen LogP contribution in [0.3, 0.4) is 0 Å². The number of aliphatic hydroxyl groups excluding tert-OH is 2. The fraction of sp³-hybridized carbons (Fsp3) is 0.789. The molecule has 0 radical (unpaired) electrons. The van der Waals surface area contributed by atoms with Crippen molar-refractivity contribution in [2.45, 2.75) is 0 Å². The number of ether oxygens (including phenoxy) is 1. The smallest absolute Gasteiger partial charge is 0.407 e. The molecule has 0 spiro atoms. The first-order valence-electron chi connectivity index (χ1n) is 11.2. The second-order valence-electron chi connectivity index (χ2n) is 6.19. The quantitative estimate of drug-likeness (QED) is 0.0246. The number of carbonyl (C=O) groups is 2. The molecule has 0 heterocycles. The zero-order chi connectivity index (χ0) is 28.7. The largest absolute Gasteiger partial charge is 0.447 e. The highest BCUT2D eigenvalue weighted by Gasteiger charge is 2.02. The highest BCUT2D eigenvalue weighted by molar-refractivity contribution is 8.18. The van der Waals surface area contributed by atoms with E-state index in [1.54, 1.807) is 58.8 Å². The van der Waals surface area contributed by atoms with Crippen LogP contribution in [0.15, 0.2) is 9.98 Å². The summed E-state index contributed by atoms with van der Waals surface area (Å²) in [6, 6.07) is 0. The van der Waals surface area contributed by atoms with Crippen molar-refractivity contribution in [1.82, 2.24) is 10.6 Å². The van der Waals surface area contributed by atoms with E-state index in [1.165, 1.54) is 35.5 Å². The number of carbonyl (C=O) groups excluding carboxylic acids is 2. The van der Waals surface area contributed by atoms with E-state index in [-0.39, 0.29) is 31.7 Å². The maximum atomic E-state index is 11.9. The van der Waals surface area contributed by atoms with Gasteiger partial charge in [0.1, 0.15) is 13.2 Å². The summed E-state index contributed by atoms with van der Waals surface area (Å²) >= 11 is 11.0. The van der Waals surface area contributed by atoms with Gasteiger partial charge in [-0.3, -0.25) is 14.0 Å². The van der Waals surface area contributed by atoms with Crippen molar-refractivity contribution in [1.29, 1.82) is 0 Å². The lowest BCUT2D eigenvalue weighted by molar-refractivity contribution is -0.221. The van der Waals surface area contributed by atoms with E-state index in [4.69, 9.17) is 10.2 Å². The Bertz CT molecular complexity index is 685. The van der Waals surface area contributed by atoms with E-state index >= 15 is 0 Å². The molecule has 0 rings (SSSR count). The number of rotatable bonds is 27. The molecule has 0 saturated heterocycles. The molecule has 0 aliphatic rings. The lowest BCUT2D eigenvalue weighted by Gasteiger charge is -2.05. The first-order chi connectivity index (χ1) is 19.1. The standard InChI is InChI=1S/C19H36N4O8S8/c24-1-3-29-18(26)22-12-36-17-35-11-21-14-39(28)8-7-33-15-32-5-6-38-19(27)23-13-37-16-34-10-20-9-31-30-4-2-25/h9,14,24-25H,1-8,10-13,15-17H2,(H,22,26)(H,23,27). The molecule has 0 aliphatic carbocycles. The van der Waals surface area contributed by atoms with E-state index < -0.39 is 16.9 Å². The second kappa shape index (κ2) is 32.9. The van der Waals surface area contributed by atoms with Crippen molar-refractivity contribution < 1.29 is 38.5 Å². The minimum absolute atomic E-state index is 0.0180. The Hall–Kier alpha value is 0.360. The number of alkyl carbamates (subject to hydrolysis) is 1. The van der Waals surface area contributed by atoms with Crippen LogP contribution in [0.25, 0.3) is 0 Å². The molecule has 0 bridgehead atoms. The van der Waals surface area contributed by atoms with Gasteiger partial charge in [-0.2, -0.15) is 28.4 Å². The van der Waals surface area contributed by atoms with Gasteiger partial charge in [0, 0.05) is 38.3 Å². The van der Waals surface area contributed by atoms with Crippen LogP contribution in [0.5, 0.6) is 0 Å². The molecule has 0 aliphatic heterocycles. The molecule has 0 saturated carbocycles. The molecule has 39 heavy (non-hydrogen) atoms. The molecular formula is C19H36N4O8S8. The Balaban J connectivity index is 3.39. The lowest BCUT2D eigenvalue weighted by atomic mass is 10.8. The van der Waals surface area contributed by atoms with Gasteiger partial charge < -0.3 is 30.5 Å². The molecule has 4 N–H and O–H groups in total. The summed E-state index contributed by atoms with van der Waals surface area (Å²) in [6.07, 6.45) is 0.638. The van der Waals surface area contributed by atoms with Crippen LogP contribution in [0.2, 0.25) is 0 Å². The SMILES string of the molecule is O=C(NCSCSCN=CS(=O)CCSCSCCSC(=O)NCSCSCN=COOCCO)OCCO. The maximum absolute atomic E-state index is 11.9. The van der Waals surface area contributed by atoms with Crippen LogP contribution in [0.1, 0.15) is 0 Å². The molecular weight excluding hydrogens is 669 g/mol. The van der Waals surface area contributed by atoms with Crippen LogP contribution >= 0.6 is 82.3 Å². The Morgan fingerprint density at radius 3 is 2.23 bits per heavy atom. The van der Waals surface area contributed by atoms with Gasteiger partial charge in [-0.15, -0.1) is 47.0 Å². The highest BCUT2D eigenvalue weighted by atomic mass is 32.2. The van der Waals surface area contributed by atoms with Gasteiger partial charge in [-0.1, -0.05) is 11.8 Å². The maximum Gasteiger partial charge on any atom is 0.407 e. The number of aliphatic imine (C=N–C) groups is 2. The number of hydrogen-bond acceptors (Lipinski definition) is 17. The predicted molar refractivity (Wildman–Crippen MR) is 176 cm³/mol. The second-order valence-corrected chi connectivity index (χ2v) is 15.8. The van der Waals surface area contributed by atoms with Crippen LogP contribution in [0, 0.1) is 0 Å². The molecule has 0 fully saturated rings.